The highest BCUT2D eigenvalue weighted by Crippen LogP contribution is 2.41. The summed E-state index contributed by atoms with van der Waals surface area (Å²) < 4.78 is 35.0. The van der Waals surface area contributed by atoms with Crippen LogP contribution in [0.4, 0.5) is 0 Å². The lowest BCUT2D eigenvalue weighted by molar-refractivity contribution is -0.270. The first-order chi connectivity index (χ1) is 18.1. The van der Waals surface area contributed by atoms with E-state index in [9.17, 15) is 19.2 Å². The van der Waals surface area contributed by atoms with Crippen molar-refractivity contribution in [3.8, 4) is 17.0 Å². The molecule has 0 radical (unpaired) electrons. The number of nitrogens with zero attached hydrogens (tertiary/aromatic N) is 2. The molecule has 1 aliphatic carbocycles. The summed E-state index contributed by atoms with van der Waals surface area (Å²) in [5, 5.41) is 4.56. The van der Waals surface area contributed by atoms with E-state index in [4.69, 9.17) is 28.4 Å². The minimum absolute atomic E-state index is 0.314. The molecule has 2 aromatic rings. The Labute approximate surface area is 219 Å². The van der Waals surface area contributed by atoms with Gasteiger partial charge in [-0.25, -0.2) is 4.68 Å². The van der Waals surface area contributed by atoms with Gasteiger partial charge in [-0.1, -0.05) is 0 Å². The standard InChI is InChI=1S/C26H30N2O10/c1-13(29)34-12-21-23(35-14(2)30)24(36-15(3)31)25(37-16(4)32)26(38-21)28-22-18(11-27-28)7-6-17-10-19(33-5)8-9-20(17)22/h8-11,21,23-26H,6-7,12H2,1-5H3/t21-,23-,24-,25-,26+/m0/s1. The first-order valence-corrected chi connectivity index (χ1v) is 12.1. The topological polar surface area (TPSA) is 141 Å². The SMILES string of the molecule is COc1ccc2c(c1)CCc1cnn([C@@H]3O[C@@H](COC(C)=O)[C@H](OC(C)=O)[C@H](OC(C)=O)[C@@H]3OC(C)=O)c1-2. The third-order valence-electron chi connectivity index (χ3n) is 6.31. The number of esters is 4. The largest absolute Gasteiger partial charge is 0.497 e. The van der Waals surface area contributed by atoms with E-state index >= 15 is 0 Å². The lowest BCUT2D eigenvalue weighted by Gasteiger charge is -2.44. The monoisotopic (exact) mass is 530 g/mol. The molecular formula is C26H30N2O10. The van der Waals surface area contributed by atoms with Crippen molar-refractivity contribution >= 4 is 23.9 Å². The first kappa shape index (κ1) is 27.1. The molecule has 1 aromatic heterocycles. The van der Waals surface area contributed by atoms with Crippen LogP contribution in [-0.4, -0.2) is 71.8 Å². The summed E-state index contributed by atoms with van der Waals surface area (Å²) >= 11 is 0. The van der Waals surface area contributed by atoms with E-state index in [-0.39, 0.29) is 6.61 Å². The number of fused-ring (bicyclic) bond motifs is 3. The number of aromatic nitrogens is 2. The van der Waals surface area contributed by atoms with E-state index in [0.29, 0.717) is 12.2 Å². The maximum Gasteiger partial charge on any atom is 0.303 e. The van der Waals surface area contributed by atoms with Crippen LogP contribution in [0.15, 0.2) is 24.4 Å². The van der Waals surface area contributed by atoms with E-state index in [1.807, 2.05) is 18.2 Å². The molecule has 0 spiro atoms. The van der Waals surface area contributed by atoms with Crippen molar-refractivity contribution in [2.75, 3.05) is 13.7 Å². The van der Waals surface area contributed by atoms with Crippen LogP contribution in [0, 0.1) is 0 Å². The van der Waals surface area contributed by atoms with E-state index in [0.717, 1.165) is 28.8 Å². The summed E-state index contributed by atoms with van der Waals surface area (Å²) in [7, 11) is 1.59. The molecule has 4 rings (SSSR count). The van der Waals surface area contributed by atoms with Crippen LogP contribution in [-0.2, 0) is 55.7 Å². The summed E-state index contributed by atoms with van der Waals surface area (Å²) in [5.74, 6) is -1.94. The number of ether oxygens (including phenoxy) is 6. The van der Waals surface area contributed by atoms with Crippen LogP contribution in [0.5, 0.6) is 5.75 Å². The van der Waals surface area contributed by atoms with Gasteiger partial charge in [0.1, 0.15) is 18.5 Å². The highest BCUT2D eigenvalue weighted by atomic mass is 16.7. The van der Waals surface area contributed by atoms with Gasteiger partial charge in [0.15, 0.2) is 24.5 Å². The van der Waals surface area contributed by atoms with E-state index < -0.39 is 54.5 Å². The lowest BCUT2D eigenvalue weighted by atomic mass is 9.89. The van der Waals surface area contributed by atoms with Gasteiger partial charge in [0.2, 0.25) is 0 Å². The van der Waals surface area contributed by atoms with Crippen molar-refractivity contribution in [1.82, 2.24) is 9.78 Å². The number of benzene rings is 1. The van der Waals surface area contributed by atoms with Gasteiger partial charge in [0.25, 0.3) is 0 Å². The average molecular weight is 531 g/mol. The predicted molar refractivity (Wildman–Crippen MR) is 129 cm³/mol. The maximum atomic E-state index is 12.2. The van der Waals surface area contributed by atoms with Crippen LogP contribution < -0.4 is 4.74 Å². The maximum absolute atomic E-state index is 12.2. The number of hydrogen-bond donors (Lipinski definition) is 0. The number of methoxy groups -OCH3 is 1. The van der Waals surface area contributed by atoms with Crippen LogP contribution in [0.25, 0.3) is 11.3 Å². The third-order valence-corrected chi connectivity index (χ3v) is 6.31. The Balaban J connectivity index is 1.84. The summed E-state index contributed by atoms with van der Waals surface area (Å²) in [6.45, 7) is 4.47. The zero-order valence-electron chi connectivity index (χ0n) is 21.8. The Kier molecular flexibility index (Phi) is 8.00. The van der Waals surface area contributed by atoms with E-state index in [1.165, 1.54) is 27.7 Å². The molecule has 1 aliphatic heterocycles. The molecule has 2 heterocycles. The number of carbonyl (C=O) groups is 4. The second-order valence-electron chi connectivity index (χ2n) is 9.08. The zero-order valence-corrected chi connectivity index (χ0v) is 21.8. The van der Waals surface area contributed by atoms with Crippen molar-refractivity contribution in [2.24, 2.45) is 0 Å². The normalized spacial score (nSPS) is 23.9. The van der Waals surface area contributed by atoms with Crippen LogP contribution in [0.3, 0.4) is 0 Å². The van der Waals surface area contributed by atoms with Gasteiger partial charge >= 0.3 is 23.9 Å². The van der Waals surface area contributed by atoms with Crippen LogP contribution in [0.2, 0.25) is 0 Å². The molecule has 2 aliphatic rings. The molecule has 1 fully saturated rings. The Hall–Kier alpha value is -3.93. The predicted octanol–water partition coefficient (Wildman–Crippen LogP) is 1.91. The molecule has 0 N–H and O–H groups in total. The Morgan fingerprint density at radius 1 is 0.895 bits per heavy atom. The zero-order chi connectivity index (χ0) is 27.6. The fraction of sp³-hybridized carbons (Fsp3) is 0.500. The molecule has 38 heavy (non-hydrogen) atoms. The van der Waals surface area contributed by atoms with Crippen molar-refractivity contribution in [1.29, 1.82) is 0 Å². The second-order valence-corrected chi connectivity index (χ2v) is 9.08. The third kappa shape index (κ3) is 5.64. The van der Waals surface area contributed by atoms with Gasteiger partial charge in [0, 0.05) is 33.3 Å². The van der Waals surface area contributed by atoms with Crippen molar-refractivity contribution in [3.05, 3.63) is 35.5 Å². The molecule has 0 saturated carbocycles. The van der Waals surface area contributed by atoms with Gasteiger partial charge in [-0.15, -0.1) is 0 Å². The highest BCUT2D eigenvalue weighted by molar-refractivity contribution is 5.71. The molecule has 204 valence electrons. The second kappa shape index (κ2) is 11.2. The van der Waals surface area contributed by atoms with Crippen molar-refractivity contribution in [2.45, 2.75) is 71.2 Å². The first-order valence-electron chi connectivity index (χ1n) is 12.1. The minimum atomic E-state index is -1.28. The molecule has 0 unspecified atom stereocenters. The highest BCUT2D eigenvalue weighted by Gasteiger charge is 2.53. The van der Waals surface area contributed by atoms with Crippen molar-refractivity contribution in [3.63, 3.8) is 0 Å². The van der Waals surface area contributed by atoms with Crippen molar-refractivity contribution < 1.29 is 47.6 Å². The Morgan fingerprint density at radius 3 is 2.16 bits per heavy atom. The number of carbonyl (C=O) groups excluding carboxylic acids is 4. The van der Waals surface area contributed by atoms with Gasteiger partial charge in [0.05, 0.1) is 19.0 Å². The van der Waals surface area contributed by atoms with Gasteiger partial charge in [-0.05, 0) is 42.2 Å². The lowest BCUT2D eigenvalue weighted by Crippen LogP contribution is -2.60. The fourth-order valence-electron chi connectivity index (χ4n) is 4.88. The molecule has 1 saturated heterocycles. The number of rotatable bonds is 7. The van der Waals surface area contributed by atoms with Gasteiger partial charge in [-0.3, -0.25) is 19.2 Å². The van der Waals surface area contributed by atoms with Gasteiger partial charge in [-0.2, -0.15) is 5.10 Å². The molecule has 12 nitrogen and oxygen atoms in total. The molecule has 0 bridgehead atoms. The summed E-state index contributed by atoms with van der Waals surface area (Å²) in [4.78, 5) is 47.9. The molecular weight excluding hydrogens is 500 g/mol. The minimum Gasteiger partial charge on any atom is -0.497 e. The number of aryl methyl sites for hydroxylation is 2. The quantitative estimate of drug-likeness (QED) is 0.383. The Morgan fingerprint density at radius 2 is 1.53 bits per heavy atom. The summed E-state index contributed by atoms with van der Waals surface area (Å²) in [6, 6.07) is 5.69. The number of hydrogen-bond acceptors (Lipinski definition) is 11. The Bertz CT molecular complexity index is 1240. The fourth-order valence-corrected chi connectivity index (χ4v) is 4.88. The van der Waals surface area contributed by atoms with E-state index in [1.54, 1.807) is 18.0 Å². The molecule has 12 heteroatoms. The summed E-state index contributed by atoms with van der Waals surface area (Å²) in [5.41, 5.74) is 3.59. The van der Waals surface area contributed by atoms with E-state index in [2.05, 4.69) is 5.10 Å². The smallest absolute Gasteiger partial charge is 0.303 e. The average Bonchev–Trinajstić information content (AvgIpc) is 3.28. The molecule has 0 amide bonds. The van der Waals surface area contributed by atoms with Crippen LogP contribution >= 0.6 is 0 Å². The van der Waals surface area contributed by atoms with Crippen LogP contribution in [0.1, 0.15) is 45.0 Å². The molecule has 1 aromatic carbocycles. The summed E-state index contributed by atoms with van der Waals surface area (Å²) in [6.07, 6.45) is -2.78. The van der Waals surface area contributed by atoms with Gasteiger partial charge < -0.3 is 28.4 Å². The molecule has 5 atom stereocenters.